The number of aryl methyl sites for hydroxylation is 2. The number of primary amides is 1. The van der Waals surface area contributed by atoms with Gasteiger partial charge in [-0.2, -0.15) is 0 Å². The largest absolute Gasteiger partial charge is 0.488 e. The van der Waals surface area contributed by atoms with Crippen molar-refractivity contribution in [3.63, 3.8) is 0 Å². The zero-order valence-electron chi connectivity index (χ0n) is 14.7. The van der Waals surface area contributed by atoms with Crippen molar-refractivity contribution < 1.29 is 23.6 Å². The number of benzene rings is 1. The Hall–Kier alpha value is -2.87. The SMILES string of the molecule is Cc1noc(C)c1COc1ccccc1C(=O)N1CCOC(C(N)=O)C1. The first-order valence-electron chi connectivity index (χ1n) is 8.31. The smallest absolute Gasteiger partial charge is 0.257 e. The molecule has 1 unspecified atom stereocenters. The number of aromatic nitrogens is 1. The van der Waals surface area contributed by atoms with Gasteiger partial charge in [-0.15, -0.1) is 0 Å². The number of morpholine rings is 1. The van der Waals surface area contributed by atoms with E-state index in [0.29, 0.717) is 23.6 Å². The van der Waals surface area contributed by atoms with E-state index < -0.39 is 12.0 Å². The van der Waals surface area contributed by atoms with Crippen LogP contribution in [0.3, 0.4) is 0 Å². The molecule has 0 radical (unpaired) electrons. The quantitative estimate of drug-likeness (QED) is 0.859. The molecule has 3 rings (SSSR count). The average Bonchev–Trinajstić information content (AvgIpc) is 2.97. The van der Waals surface area contributed by atoms with Gasteiger partial charge in [-0.1, -0.05) is 17.3 Å². The van der Waals surface area contributed by atoms with Crippen molar-refractivity contribution in [3.05, 3.63) is 46.8 Å². The van der Waals surface area contributed by atoms with Crippen molar-refractivity contribution in [2.24, 2.45) is 5.73 Å². The number of ether oxygens (including phenoxy) is 2. The first kappa shape index (κ1) is 17.9. The fourth-order valence-electron chi connectivity index (χ4n) is 2.80. The number of nitrogens with zero attached hydrogens (tertiary/aromatic N) is 2. The third-order valence-corrected chi connectivity index (χ3v) is 4.34. The lowest BCUT2D eigenvalue weighted by atomic mass is 10.1. The summed E-state index contributed by atoms with van der Waals surface area (Å²) in [7, 11) is 0. The van der Waals surface area contributed by atoms with Crippen molar-refractivity contribution in [1.29, 1.82) is 0 Å². The number of para-hydroxylation sites is 1. The second-order valence-electron chi connectivity index (χ2n) is 6.10. The van der Waals surface area contributed by atoms with Crippen molar-refractivity contribution in [1.82, 2.24) is 10.1 Å². The minimum absolute atomic E-state index is 0.131. The number of carbonyl (C=O) groups is 2. The van der Waals surface area contributed by atoms with Crippen LogP contribution in [0.5, 0.6) is 5.75 Å². The Morgan fingerprint density at radius 3 is 2.81 bits per heavy atom. The number of amides is 2. The standard InChI is InChI=1S/C18H21N3O5/c1-11-14(12(2)26-20-11)10-25-15-6-4-3-5-13(15)18(23)21-7-8-24-16(9-21)17(19)22/h3-6,16H,7-10H2,1-2H3,(H2,19,22). The molecule has 1 aromatic heterocycles. The number of hydrogen-bond donors (Lipinski definition) is 1. The molecule has 2 amide bonds. The molecule has 8 heteroatoms. The summed E-state index contributed by atoms with van der Waals surface area (Å²) in [5, 5.41) is 3.90. The van der Waals surface area contributed by atoms with Gasteiger partial charge < -0.3 is 24.6 Å². The molecule has 8 nitrogen and oxygen atoms in total. The average molecular weight is 359 g/mol. The zero-order chi connectivity index (χ0) is 18.7. The third-order valence-electron chi connectivity index (χ3n) is 4.34. The molecule has 1 aromatic carbocycles. The summed E-state index contributed by atoms with van der Waals surface area (Å²) in [6, 6.07) is 6.99. The lowest BCUT2D eigenvalue weighted by Crippen LogP contribution is -2.50. The predicted molar refractivity (Wildman–Crippen MR) is 91.6 cm³/mol. The Balaban J connectivity index is 1.76. The molecule has 2 aromatic rings. The highest BCUT2D eigenvalue weighted by molar-refractivity contribution is 5.97. The van der Waals surface area contributed by atoms with Gasteiger partial charge in [-0.05, 0) is 26.0 Å². The molecule has 0 saturated carbocycles. The number of nitrogens with two attached hydrogens (primary N) is 1. The maximum Gasteiger partial charge on any atom is 0.257 e. The van der Waals surface area contributed by atoms with Gasteiger partial charge in [0.1, 0.15) is 18.1 Å². The van der Waals surface area contributed by atoms with Crippen LogP contribution in [0, 0.1) is 13.8 Å². The van der Waals surface area contributed by atoms with Crippen LogP contribution in [0.25, 0.3) is 0 Å². The Bertz CT molecular complexity index is 797. The van der Waals surface area contributed by atoms with Crippen molar-refractivity contribution in [2.75, 3.05) is 19.7 Å². The highest BCUT2D eigenvalue weighted by Crippen LogP contribution is 2.23. The van der Waals surface area contributed by atoms with E-state index in [0.717, 1.165) is 11.3 Å². The van der Waals surface area contributed by atoms with Crippen LogP contribution in [0.15, 0.2) is 28.8 Å². The maximum absolute atomic E-state index is 12.9. The fraction of sp³-hybridized carbons (Fsp3) is 0.389. The van der Waals surface area contributed by atoms with Crippen molar-refractivity contribution in [2.45, 2.75) is 26.6 Å². The molecular formula is C18H21N3O5. The predicted octanol–water partition coefficient (Wildman–Crippen LogP) is 1.20. The molecule has 1 fully saturated rings. The summed E-state index contributed by atoms with van der Waals surface area (Å²) in [6.07, 6.45) is -0.789. The van der Waals surface area contributed by atoms with Crippen LogP contribution in [-0.2, 0) is 16.1 Å². The summed E-state index contributed by atoms with van der Waals surface area (Å²) >= 11 is 0. The molecule has 0 spiro atoms. The number of carbonyl (C=O) groups excluding carboxylic acids is 2. The van der Waals surface area contributed by atoms with Gasteiger partial charge in [0.25, 0.3) is 5.91 Å². The normalized spacial score (nSPS) is 17.2. The molecule has 1 aliphatic heterocycles. The molecule has 0 aliphatic carbocycles. The third kappa shape index (κ3) is 3.70. The van der Waals surface area contributed by atoms with Gasteiger partial charge in [0.05, 0.1) is 30.0 Å². The first-order chi connectivity index (χ1) is 12.5. The number of rotatable bonds is 5. The summed E-state index contributed by atoms with van der Waals surface area (Å²) < 4.78 is 16.3. The summed E-state index contributed by atoms with van der Waals surface area (Å²) in [5.41, 5.74) is 7.32. The Labute approximate surface area is 150 Å². The second-order valence-corrected chi connectivity index (χ2v) is 6.10. The van der Waals surface area contributed by atoms with Crippen LogP contribution in [0.4, 0.5) is 0 Å². The minimum atomic E-state index is -0.789. The number of hydrogen-bond acceptors (Lipinski definition) is 6. The van der Waals surface area contributed by atoms with Gasteiger partial charge in [0, 0.05) is 6.54 Å². The van der Waals surface area contributed by atoms with Gasteiger partial charge >= 0.3 is 0 Å². The molecule has 26 heavy (non-hydrogen) atoms. The van der Waals surface area contributed by atoms with Crippen molar-refractivity contribution in [3.8, 4) is 5.75 Å². The highest BCUT2D eigenvalue weighted by Gasteiger charge is 2.29. The van der Waals surface area contributed by atoms with Crippen LogP contribution in [-0.4, -0.2) is 47.7 Å². The van der Waals surface area contributed by atoms with E-state index in [-0.39, 0.29) is 25.7 Å². The van der Waals surface area contributed by atoms with Gasteiger partial charge in [-0.25, -0.2) is 0 Å². The van der Waals surface area contributed by atoms with E-state index in [2.05, 4.69) is 5.16 Å². The Kier molecular flexibility index (Phi) is 5.22. The lowest BCUT2D eigenvalue weighted by Gasteiger charge is -2.31. The lowest BCUT2D eigenvalue weighted by molar-refractivity contribution is -0.133. The topological polar surface area (TPSA) is 108 Å². The van der Waals surface area contributed by atoms with E-state index >= 15 is 0 Å². The minimum Gasteiger partial charge on any atom is -0.488 e. The van der Waals surface area contributed by atoms with E-state index in [1.807, 2.05) is 13.8 Å². The van der Waals surface area contributed by atoms with Crippen LogP contribution in [0.2, 0.25) is 0 Å². The molecule has 1 atom stereocenters. The molecule has 138 valence electrons. The van der Waals surface area contributed by atoms with E-state index in [1.165, 1.54) is 0 Å². The molecule has 2 N–H and O–H groups in total. The van der Waals surface area contributed by atoms with Crippen molar-refractivity contribution >= 4 is 11.8 Å². The molecule has 0 bridgehead atoms. The highest BCUT2D eigenvalue weighted by atomic mass is 16.5. The second kappa shape index (κ2) is 7.57. The zero-order valence-corrected chi connectivity index (χ0v) is 14.7. The van der Waals surface area contributed by atoms with E-state index in [1.54, 1.807) is 29.2 Å². The van der Waals surface area contributed by atoms with Crippen LogP contribution in [0.1, 0.15) is 27.4 Å². The molecular weight excluding hydrogens is 338 g/mol. The summed E-state index contributed by atoms with van der Waals surface area (Å²) in [4.78, 5) is 25.8. The Morgan fingerprint density at radius 2 is 2.12 bits per heavy atom. The van der Waals surface area contributed by atoms with E-state index in [4.69, 9.17) is 19.7 Å². The first-order valence-corrected chi connectivity index (χ1v) is 8.31. The molecule has 2 heterocycles. The van der Waals surface area contributed by atoms with Gasteiger partial charge in [-0.3, -0.25) is 9.59 Å². The molecule has 1 aliphatic rings. The Morgan fingerprint density at radius 1 is 1.35 bits per heavy atom. The summed E-state index contributed by atoms with van der Waals surface area (Å²) in [5.74, 6) is 0.336. The van der Waals surface area contributed by atoms with E-state index in [9.17, 15) is 9.59 Å². The monoisotopic (exact) mass is 359 g/mol. The van der Waals surface area contributed by atoms with Gasteiger partial charge in [0.2, 0.25) is 5.91 Å². The van der Waals surface area contributed by atoms with Crippen LogP contribution >= 0.6 is 0 Å². The maximum atomic E-state index is 12.9. The van der Waals surface area contributed by atoms with Gasteiger partial charge in [0.15, 0.2) is 6.10 Å². The van der Waals surface area contributed by atoms with Crippen LogP contribution < -0.4 is 10.5 Å². The fourth-order valence-corrected chi connectivity index (χ4v) is 2.80. The molecule has 1 saturated heterocycles. The summed E-state index contributed by atoms with van der Waals surface area (Å²) in [6.45, 7) is 4.69.